The molecule has 0 unspecified atom stereocenters. The maximum Gasteiger partial charge on any atom is 0.280 e. The minimum Gasteiger partial charge on any atom is -0.497 e. The van der Waals surface area contributed by atoms with Gasteiger partial charge in [-0.1, -0.05) is 0 Å². The molecule has 0 atom stereocenters. The van der Waals surface area contributed by atoms with Gasteiger partial charge in [-0.05, 0) is 35.7 Å². The normalized spacial score (nSPS) is 11.3. The Morgan fingerprint density at radius 1 is 1.19 bits per heavy atom. The van der Waals surface area contributed by atoms with Crippen molar-refractivity contribution in [1.82, 2.24) is 14.8 Å². The Hall–Kier alpha value is -2.60. The van der Waals surface area contributed by atoms with Gasteiger partial charge in [0.15, 0.2) is 0 Å². The summed E-state index contributed by atoms with van der Waals surface area (Å²) in [7, 11) is 1.61. The third-order valence-corrected chi connectivity index (χ3v) is 4.30. The van der Waals surface area contributed by atoms with E-state index in [1.807, 2.05) is 35.7 Å². The molecule has 0 saturated heterocycles. The Kier molecular flexibility index (Phi) is 2.58. The van der Waals surface area contributed by atoms with Crippen molar-refractivity contribution in [2.24, 2.45) is 0 Å². The molecule has 0 aliphatic rings. The molecular formula is C15H11N3O2S. The second-order valence-corrected chi connectivity index (χ2v) is 5.53. The van der Waals surface area contributed by atoms with E-state index in [2.05, 4.69) is 10.1 Å². The number of nitrogens with one attached hydrogen (secondary N) is 1. The van der Waals surface area contributed by atoms with Crippen molar-refractivity contribution >= 4 is 32.5 Å². The first-order valence-corrected chi connectivity index (χ1v) is 7.27. The maximum absolute atomic E-state index is 12.5. The number of rotatable bonds is 2. The topological polar surface area (TPSA) is 59.9 Å². The lowest BCUT2D eigenvalue weighted by molar-refractivity contribution is 0.414. The van der Waals surface area contributed by atoms with E-state index in [1.165, 1.54) is 4.68 Å². The van der Waals surface area contributed by atoms with Gasteiger partial charge >= 0.3 is 0 Å². The number of thiophene rings is 1. The number of nitrogens with zero attached hydrogens (tertiary/aromatic N) is 2. The minimum absolute atomic E-state index is 0.101. The summed E-state index contributed by atoms with van der Waals surface area (Å²) in [5.41, 5.74) is 1.48. The van der Waals surface area contributed by atoms with E-state index in [9.17, 15) is 4.79 Å². The van der Waals surface area contributed by atoms with Crippen molar-refractivity contribution in [3.05, 3.63) is 52.3 Å². The lowest BCUT2D eigenvalue weighted by Gasteiger charge is -2.03. The summed E-state index contributed by atoms with van der Waals surface area (Å²) in [6.45, 7) is 0. The summed E-state index contributed by atoms with van der Waals surface area (Å²) in [5, 5.41) is 6.72. The molecule has 0 saturated carbocycles. The number of ether oxygens (including phenoxy) is 1. The lowest BCUT2D eigenvalue weighted by atomic mass is 10.2. The monoisotopic (exact) mass is 297 g/mol. The van der Waals surface area contributed by atoms with Crippen LogP contribution < -0.4 is 10.3 Å². The van der Waals surface area contributed by atoms with Crippen LogP contribution in [0.5, 0.6) is 5.75 Å². The highest BCUT2D eigenvalue weighted by Gasteiger charge is 2.12. The highest BCUT2D eigenvalue weighted by atomic mass is 32.1. The fourth-order valence-electron chi connectivity index (χ4n) is 2.40. The molecular weight excluding hydrogens is 286 g/mol. The quantitative estimate of drug-likeness (QED) is 0.619. The first kappa shape index (κ1) is 12.2. The van der Waals surface area contributed by atoms with Crippen LogP contribution in [-0.2, 0) is 0 Å². The zero-order valence-corrected chi connectivity index (χ0v) is 12.0. The van der Waals surface area contributed by atoms with E-state index in [1.54, 1.807) is 24.6 Å². The van der Waals surface area contributed by atoms with E-state index in [-0.39, 0.29) is 5.56 Å². The molecule has 0 radical (unpaired) electrons. The van der Waals surface area contributed by atoms with E-state index in [0.717, 1.165) is 27.2 Å². The molecule has 6 heteroatoms. The van der Waals surface area contributed by atoms with Crippen LogP contribution in [0.3, 0.4) is 0 Å². The summed E-state index contributed by atoms with van der Waals surface area (Å²) in [6, 6.07) is 9.31. The van der Waals surface area contributed by atoms with Crippen LogP contribution in [-0.4, -0.2) is 21.9 Å². The smallest absolute Gasteiger partial charge is 0.280 e. The SMILES string of the molecule is COc1ccc(-n2[nH]c3c(cnc4sccc43)c2=O)cc1. The van der Waals surface area contributed by atoms with Gasteiger partial charge < -0.3 is 4.74 Å². The van der Waals surface area contributed by atoms with E-state index < -0.39 is 0 Å². The molecule has 3 heterocycles. The molecule has 0 aliphatic carbocycles. The van der Waals surface area contributed by atoms with Crippen LogP contribution in [0.4, 0.5) is 0 Å². The molecule has 0 fully saturated rings. The molecule has 0 bridgehead atoms. The molecule has 21 heavy (non-hydrogen) atoms. The number of benzene rings is 1. The molecule has 0 spiro atoms. The largest absolute Gasteiger partial charge is 0.497 e. The predicted molar refractivity (Wildman–Crippen MR) is 83.6 cm³/mol. The summed E-state index contributed by atoms with van der Waals surface area (Å²) >= 11 is 1.56. The van der Waals surface area contributed by atoms with Crippen LogP contribution in [0.1, 0.15) is 0 Å². The average Bonchev–Trinajstić information content (AvgIpc) is 3.12. The van der Waals surface area contributed by atoms with Gasteiger partial charge in [0.05, 0.1) is 23.7 Å². The minimum atomic E-state index is -0.101. The third kappa shape index (κ3) is 1.76. The Morgan fingerprint density at radius 2 is 2.00 bits per heavy atom. The zero-order valence-electron chi connectivity index (χ0n) is 11.2. The number of fused-ring (bicyclic) bond motifs is 3. The van der Waals surface area contributed by atoms with Crippen molar-refractivity contribution in [3.63, 3.8) is 0 Å². The lowest BCUT2D eigenvalue weighted by Crippen LogP contribution is -2.14. The van der Waals surface area contributed by atoms with Crippen molar-refractivity contribution in [2.75, 3.05) is 7.11 Å². The molecule has 1 N–H and O–H groups in total. The van der Waals surface area contributed by atoms with Crippen LogP contribution >= 0.6 is 11.3 Å². The fraction of sp³-hybridized carbons (Fsp3) is 0.0667. The number of hydrogen-bond donors (Lipinski definition) is 1. The predicted octanol–water partition coefficient (Wildman–Crippen LogP) is 2.94. The number of aromatic nitrogens is 3. The van der Waals surface area contributed by atoms with Crippen LogP contribution in [0, 0.1) is 0 Å². The number of H-pyrrole nitrogens is 1. The number of methoxy groups -OCH3 is 1. The third-order valence-electron chi connectivity index (χ3n) is 3.48. The first-order chi connectivity index (χ1) is 10.3. The zero-order chi connectivity index (χ0) is 14.4. The van der Waals surface area contributed by atoms with Gasteiger partial charge in [0.2, 0.25) is 0 Å². The van der Waals surface area contributed by atoms with Gasteiger partial charge in [-0.25, -0.2) is 9.67 Å². The van der Waals surface area contributed by atoms with Crippen molar-refractivity contribution in [3.8, 4) is 11.4 Å². The highest BCUT2D eigenvalue weighted by molar-refractivity contribution is 7.16. The Balaban J connectivity index is 1.99. The molecule has 3 aromatic heterocycles. The Labute approximate surface area is 123 Å². The summed E-state index contributed by atoms with van der Waals surface area (Å²) in [6.07, 6.45) is 1.63. The van der Waals surface area contributed by atoms with Gasteiger partial charge in [0.1, 0.15) is 10.6 Å². The maximum atomic E-state index is 12.5. The summed E-state index contributed by atoms with van der Waals surface area (Å²) in [4.78, 5) is 17.8. The molecule has 5 nitrogen and oxygen atoms in total. The molecule has 104 valence electrons. The second kappa shape index (κ2) is 4.46. The highest BCUT2D eigenvalue weighted by Crippen LogP contribution is 2.25. The Morgan fingerprint density at radius 3 is 2.76 bits per heavy atom. The number of aromatic amines is 1. The van der Waals surface area contributed by atoms with Crippen LogP contribution in [0.15, 0.2) is 46.7 Å². The van der Waals surface area contributed by atoms with Crippen molar-refractivity contribution in [2.45, 2.75) is 0 Å². The second-order valence-electron chi connectivity index (χ2n) is 4.64. The summed E-state index contributed by atoms with van der Waals surface area (Å²) in [5.74, 6) is 0.754. The van der Waals surface area contributed by atoms with Gasteiger partial charge in [0.25, 0.3) is 5.56 Å². The van der Waals surface area contributed by atoms with Crippen molar-refractivity contribution in [1.29, 1.82) is 0 Å². The molecule has 1 aromatic carbocycles. The van der Waals surface area contributed by atoms with Gasteiger partial charge in [0, 0.05) is 11.6 Å². The molecule has 4 rings (SSSR count). The fourth-order valence-corrected chi connectivity index (χ4v) is 3.15. The standard InChI is InChI=1S/C15H11N3O2S/c1-20-10-4-2-9(3-5-10)18-15(19)12-8-16-14-11(6-7-21-14)13(12)17-18/h2-8,17H,1H3. The molecule has 0 amide bonds. The van der Waals surface area contributed by atoms with E-state index in [4.69, 9.17) is 4.74 Å². The number of hydrogen-bond acceptors (Lipinski definition) is 4. The van der Waals surface area contributed by atoms with Crippen LogP contribution in [0.2, 0.25) is 0 Å². The van der Waals surface area contributed by atoms with Crippen LogP contribution in [0.25, 0.3) is 26.8 Å². The average molecular weight is 297 g/mol. The molecule has 4 aromatic rings. The Bertz CT molecular complexity index is 995. The van der Waals surface area contributed by atoms with E-state index >= 15 is 0 Å². The molecule has 0 aliphatic heterocycles. The van der Waals surface area contributed by atoms with Gasteiger partial charge in [-0.2, -0.15) is 0 Å². The summed E-state index contributed by atoms with van der Waals surface area (Å²) < 4.78 is 6.67. The van der Waals surface area contributed by atoms with E-state index in [0.29, 0.717) is 5.39 Å². The van der Waals surface area contributed by atoms with Gasteiger partial charge in [-0.3, -0.25) is 9.89 Å². The number of pyridine rings is 1. The van der Waals surface area contributed by atoms with Crippen molar-refractivity contribution < 1.29 is 4.74 Å². The van der Waals surface area contributed by atoms with Gasteiger partial charge in [-0.15, -0.1) is 11.3 Å². The first-order valence-electron chi connectivity index (χ1n) is 6.39.